The molecule has 0 aliphatic rings. The van der Waals surface area contributed by atoms with Gasteiger partial charge in [-0.2, -0.15) is 0 Å². The van der Waals surface area contributed by atoms with Crippen LogP contribution in [-0.4, -0.2) is 16.6 Å². The van der Waals surface area contributed by atoms with Crippen LogP contribution >= 0.6 is 23.8 Å². The minimum absolute atomic E-state index is 0.0710. The number of benzene rings is 3. The van der Waals surface area contributed by atoms with Gasteiger partial charge in [-0.05, 0) is 48.0 Å². The molecule has 138 valence electrons. The Morgan fingerprint density at radius 3 is 2.19 bits per heavy atom. The fraction of sp³-hybridized carbons (Fsp3) is 0.136. The molecule has 0 amide bonds. The molecule has 0 aliphatic carbocycles. The Kier molecular flexibility index (Phi) is 6.80. The molecule has 0 heterocycles. The molecule has 5 heteroatoms. The first kappa shape index (κ1) is 19.3. The van der Waals surface area contributed by atoms with Crippen LogP contribution in [0.25, 0.3) is 0 Å². The average Bonchev–Trinajstić information content (AvgIpc) is 2.69. The van der Waals surface area contributed by atoms with E-state index in [1.807, 2.05) is 36.4 Å². The fourth-order valence-corrected chi connectivity index (χ4v) is 3.20. The van der Waals surface area contributed by atoms with Gasteiger partial charge in [-0.15, -0.1) is 0 Å². The molecule has 0 bridgehead atoms. The zero-order valence-corrected chi connectivity index (χ0v) is 16.3. The van der Waals surface area contributed by atoms with Crippen molar-refractivity contribution < 1.29 is 4.39 Å². The van der Waals surface area contributed by atoms with E-state index in [1.165, 1.54) is 17.2 Å². The van der Waals surface area contributed by atoms with Crippen LogP contribution in [0.3, 0.4) is 0 Å². The van der Waals surface area contributed by atoms with E-state index in [4.69, 9.17) is 23.8 Å². The lowest BCUT2D eigenvalue weighted by atomic mass is 10.1. The molecule has 0 spiro atoms. The topological polar surface area (TPSA) is 15.3 Å². The number of anilines is 1. The number of nitrogens with zero attached hydrogens (tertiary/aromatic N) is 1. The fourth-order valence-electron chi connectivity index (χ4n) is 2.74. The predicted molar refractivity (Wildman–Crippen MR) is 115 cm³/mol. The number of nitrogens with one attached hydrogen (secondary N) is 1. The van der Waals surface area contributed by atoms with Gasteiger partial charge in [0.1, 0.15) is 5.82 Å². The van der Waals surface area contributed by atoms with E-state index < -0.39 is 5.82 Å². The standard InChI is InChI=1S/C22H20ClFN2S/c23-20-15-19(11-12-21(20)24)25-22(27)26(16-18-9-5-2-6-10-18)14-13-17-7-3-1-4-8-17/h1-12,15H,13-14,16H2,(H,25,27). The summed E-state index contributed by atoms with van der Waals surface area (Å²) in [5, 5.41) is 3.82. The van der Waals surface area contributed by atoms with E-state index in [-0.39, 0.29) is 5.02 Å². The van der Waals surface area contributed by atoms with E-state index in [0.29, 0.717) is 17.3 Å². The van der Waals surface area contributed by atoms with Crippen LogP contribution in [0, 0.1) is 5.82 Å². The third-order valence-electron chi connectivity index (χ3n) is 4.19. The van der Waals surface area contributed by atoms with Crippen molar-refractivity contribution in [2.45, 2.75) is 13.0 Å². The molecule has 0 aliphatic heterocycles. The summed E-state index contributed by atoms with van der Waals surface area (Å²) in [6.45, 7) is 1.45. The minimum Gasteiger partial charge on any atom is -0.344 e. The zero-order valence-electron chi connectivity index (χ0n) is 14.7. The Bertz CT molecular complexity index is 887. The van der Waals surface area contributed by atoms with Crippen molar-refractivity contribution in [2.24, 2.45) is 0 Å². The van der Waals surface area contributed by atoms with Crippen molar-refractivity contribution in [1.82, 2.24) is 4.90 Å². The first-order valence-corrected chi connectivity index (χ1v) is 9.49. The van der Waals surface area contributed by atoms with Crippen molar-refractivity contribution in [3.63, 3.8) is 0 Å². The molecule has 0 fully saturated rings. The van der Waals surface area contributed by atoms with Crippen LogP contribution in [-0.2, 0) is 13.0 Å². The SMILES string of the molecule is Fc1ccc(NC(=S)N(CCc2ccccc2)Cc2ccccc2)cc1Cl. The monoisotopic (exact) mass is 398 g/mol. The van der Waals surface area contributed by atoms with Gasteiger partial charge in [-0.3, -0.25) is 0 Å². The molecule has 3 rings (SSSR count). The van der Waals surface area contributed by atoms with Crippen molar-refractivity contribution in [3.8, 4) is 0 Å². The first-order valence-electron chi connectivity index (χ1n) is 8.70. The zero-order chi connectivity index (χ0) is 19.1. The summed E-state index contributed by atoms with van der Waals surface area (Å²) in [6.07, 6.45) is 0.875. The van der Waals surface area contributed by atoms with Gasteiger partial charge in [0.2, 0.25) is 0 Å². The predicted octanol–water partition coefficient (Wildman–Crippen LogP) is 5.92. The maximum absolute atomic E-state index is 13.4. The Labute approximate surface area is 169 Å². The van der Waals surface area contributed by atoms with E-state index in [1.54, 1.807) is 12.1 Å². The van der Waals surface area contributed by atoms with Gasteiger partial charge in [0.25, 0.3) is 0 Å². The maximum atomic E-state index is 13.4. The van der Waals surface area contributed by atoms with Gasteiger partial charge < -0.3 is 10.2 Å². The molecule has 1 N–H and O–H groups in total. The highest BCUT2D eigenvalue weighted by Gasteiger charge is 2.12. The number of thiocarbonyl (C=S) groups is 1. The second-order valence-corrected chi connectivity index (χ2v) is 7.00. The summed E-state index contributed by atoms with van der Waals surface area (Å²) in [4.78, 5) is 2.11. The molecule has 27 heavy (non-hydrogen) atoms. The van der Waals surface area contributed by atoms with Crippen molar-refractivity contribution in [1.29, 1.82) is 0 Å². The maximum Gasteiger partial charge on any atom is 0.173 e. The molecule has 0 radical (unpaired) electrons. The molecule has 0 aromatic heterocycles. The molecule has 0 atom stereocenters. The van der Waals surface area contributed by atoms with Crippen LogP contribution in [0.4, 0.5) is 10.1 Å². The lowest BCUT2D eigenvalue weighted by Crippen LogP contribution is -2.35. The van der Waals surface area contributed by atoms with Gasteiger partial charge in [-0.25, -0.2) is 4.39 Å². The molecule has 0 saturated carbocycles. The molecule has 3 aromatic rings. The summed E-state index contributed by atoms with van der Waals surface area (Å²) in [5.74, 6) is -0.446. The molecular weight excluding hydrogens is 379 g/mol. The smallest absolute Gasteiger partial charge is 0.173 e. The van der Waals surface area contributed by atoms with Crippen molar-refractivity contribution in [2.75, 3.05) is 11.9 Å². The van der Waals surface area contributed by atoms with Gasteiger partial charge >= 0.3 is 0 Å². The summed E-state index contributed by atoms with van der Waals surface area (Å²) >= 11 is 11.5. The summed E-state index contributed by atoms with van der Waals surface area (Å²) in [7, 11) is 0. The highest BCUT2D eigenvalue weighted by molar-refractivity contribution is 7.80. The molecule has 0 saturated heterocycles. The van der Waals surface area contributed by atoms with E-state index in [2.05, 4.69) is 34.5 Å². The lowest BCUT2D eigenvalue weighted by molar-refractivity contribution is 0.423. The Balaban J connectivity index is 1.72. The van der Waals surface area contributed by atoms with E-state index in [0.717, 1.165) is 13.0 Å². The summed E-state index contributed by atoms with van der Waals surface area (Å²) < 4.78 is 13.4. The molecular formula is C22H20ClFN2S. The molecule has 2 nitrogen and oxygen atoms in total. The molecule has 3 aromatic carbocycles. The van der Waals surface area contributed by atoms with Gasteiger partial charge in [0.05, 0.1) is 5.02 Å². The van der Waals surface area contributed by atoms with E-state index >= 15 is 0 Å². The van der Waals surface area contributed by atoms with Crippen LogP contribution in [0.2, 0.25) is 5.02 Å². The van der Waals surface area contributed by atoms with Crippen LogP contribution < -0.4 is 5.32 Å². The normalized spacial score (nSPS) is 10.4. The average molecular weight is 399 g/mol. The second kappa shape index (κ2) is 9.49. The largest absolute Gasteiger partial charge is 0.344 e. The lowest BCUT2D eigenvalue weighted by Gasteiger charge is -2.26. The van der Waals surface area contributed by atoms with Crippen LogP contribution in [0.15, 0.2) is 78.9 Å². The number of hydrogen-bond acceptors (Lipinski definition) is 1. The Hall–Kier alpha value is -2.43. The number of hydrogen-bond donors (Lipinski definition) is 1. The Morgan fingerprint density at radius 1 is 0.926 bits per heavy atom. The van der Waals surface area contributed by atoms with Gasteiger partial charge in [0, 0.05) is 18.8 Å². The van der Waals surface area contributed by atoms with Gasteiger partial charge in [0.15, 0.2) is 5.11 Å². The summed E-state index contributed by atoms with van der Waals surface area (Å²) in [6, 6.07) is 25.0. The second-order valence-electron chi connectivity index (χ2n) is 6.20. The van der Waals surface area contributed by atoms with Crippen molar-refractivity contribution in [3.05, 3.63) is 101 Å². The van der Waals surface area contributed by atoms with Crippen LogP contribution in [0.1, 0.15) is 11.1 Å². The quantitative estimate of drug-likeness (QED) is 0.519. The number of halogens is 2. The summed E-state index contributed by atoms with van der Waals surface area (Å²) in [5.41, 5.74) is 3.10. The third kappa shape index (κ3) is 5.78. The van der Waals surface area contributed by atoms with Crippen molar-refractivity contribution >= 4 is 34.6 Å². The highest BCUT2D eigenvalue weighted by Crippen LogP contribution is 2.20. The third-order valence-corrected chi connectivity index (χ3v) is 4.84. The minimum atomic E-state index is -0.446. The molecule has 0 unspecified atom stereocenters. The highest BCUT2D eigenvalue weighted by atomic mass is 35.5. The first-order chi connectivity index (χ1) is 13.1. The van der Waals surface area contributed by atoms with E-state index in [9.17, 15) is 4.39 Å². The van der Waals surface area contributed by atoms with Gasteiger partial charge in [-0.1, -0.05) is 72.3 Å². The Morgan fingerprint density at radius 2 is 1.56 bits per heavy atom. The van der Waals surface area contributed by atoms with Crippen LogP contribution in [0.5, 0.6) is 0 Å². The number of rotatable bonds is 6.